The van der Waals surface area contributed by atoms with Gasteiger partial charge in [-0.05, 0) is 83.1 Å². The van der Waals surface area contributed by atoms with Crippen LogP contribution in [-0.4, -0.2) is 23.3 Å². The number of rotatable bonds is 4. The van der Waals surface area contributed by atoms with E-state index >= 15 is 0 Å². The van der Waals surface area contributed by atoms with Crippen molar-refractivity contribution in [3.8, 4) is 11.5 Å². The van der Waals surface area contributed by atoms with Crippen LogP contribution in [-0.2, 0) is 4.79 Å². The highest BCUT2D eigenvalue weighted by atomic mass is 127. The van der Waals surface area contributed by atoms with E-state index in [1.54, 1.807) is 12.1 Å². The molecule has 0 fully saturated rings. The third-order valence-electron chi connectivity index (χ3n) is 4.70. The van der Waals surface area contributed by atoms with E-state index in [0.717, 1.165) is 22.0 Å². The van der Waals surface area contributed by atoms with Crippen molar-refractivity contribution in [2.24, 2.45) is 5.10 Å². The van der Waals surface area contributed by atoms with Crippen LogP contribution in [0.2, 0.25) is 0 Å². The van der Waals surface area contributed by atoms with Gasteiger partial charge in [-0.1, -0.05) is 30.3 Å². The number of carbonyl (C=O) groups is 1. The molecule has 0 spiro atoms. The summed E-state index contributed by atoms with van der Waals surface area (Å²) in [6.45, 7) is 4.12. The summed E-state index contributed by atoms with van der Waals surface area (Å²) < 4.78 is 6.16. The highest BCUT2D eigenvalue weighted by molar-refractivity contribution is 14.1. The van der Waals surface area contributed by atoms with Crippen molar-refractivity contribution < 1.29 is 14.6 Å². The van der Waals surface area contributed by atoms with Crippen molar-refractivity contribution in [2.75, 3.05) is 11.6 Å². The number of benzene rings is 3. The number of amides is 1. The molecule has 1 aliphatic rings. The topological polar surface area (TPSA) is 62.1 Å². The number of aromatic hydroxyl groups is 1. The first-order valence-corrected chi connectivity index (χ1v) is 10.3. The molecule has 3 aromatic rings. The quantitative estimate of drug-likeness (QED) is 0.390. The summed E-state index contributed by atoms with van der Waals surface area (Å²) in [6, 6.07) is 17.4. The number of fused-ring (bicyclic) bond motifs is 1. The lowest BCUT2D eigenvalue weighted by Crippen LogP contribution is -2.21. The molecule has 5 nitrogen and oxygen atoms in total. The summed E-state index contributed by atoms with van der Waals surface area (Å²) >= 11 is 2.05. The Labute approximate surface area is 182 Å². The van der Waals surface area contributed by atoms with Gasteiger partial charge in [0, 0.05) is 0 Å². The fraction of sp³-hybridized carbons (Fsp3) is 0.130. The van der Waals surface area contributed by atoms with E-state index in [4.69, 9.17) is 4.74 Å². The lowest BCUT2D eigenvalue weighted by atomic mass is 10.1. The maximum atomic E-state index is 13.1. The second-order valence-corrected chi connectivity index (χ2v) is 7.84. The Morgan fingerprint density at radius 3 is 2.66 bits per heavy atom. The first-order valence-electron chi connectivity index (χ1n) is 9.23. The molecule has 0 atom stereocenters. The molecule has 1 N–H and O–H groups in total. The maximum Gasteiger partial charge on any atom is 0.280 e. The second-order valence-electron chi connectivity index (χ2n) is 6.67. The molecule has 0 bridgehead atoms. The molecular weight excluding hydrogens is 479 g/mol. The molecule has 1 heterocycles. The predicted octanol–water partition coefficient (Wildman–Crippen LogP) is 5.35. The molecule has 146 valence electrons. The van der Waals surface area contributed by atoms with Crippen molar-refractivity contribution in [1.29, 1.82) is 0 Å². The van der Waals surface area contributed by atoms with Gasteiger partial charge in [0.25, 0.3) is 5.91 Å². The maximum absolute atomic E-state index is 13.1. The predicted molar refractivity (Wildman–Crippen MR) is 125 cm³/mol. The van der Waals surface area contributed by atoms with Gasteiger partial charge in [0.1, 0.15) is 0 Å². The van der Waals surface area contributed by atoms with E-state index < -0.39 is 0 Å². The van der Waals surface area contributed by atoms with Gasteiger partial charge in [-0.15, -0.1) is 0 Å². The third kappa shape index (κ3) is 3.72. The zero-order valence-electron chi connectivity index (χ0n) is 16.0. The fourth-order valence-corrected chi connectivity index (χ4v) is 3.90. The summed E-state index contributed by atoms with van der Waals surface area (Å²) in [5.41, 5.74) is 2.66. The summed E-state index contributed by atoms with van der Waals surface area (Å²) in [7, 11) is 0. The van der Waals surface area contributed by atoms with Crippen LogP contribution in [0.1, 0.15) is 19.4 Å². The van der Waals surface area contributed by atoms with E-state index in [0.29, 0.717) is 27.2 Å². The third-order valence-corrected chi connectivity index (χ3v) is 5.52. The molecule has 0 unspecified atom stereocenters. The number of phenolic OH excluding ortho intramolecular Hbond substituents is 1. The van der Waals surface area contributed by atoms with Crippen molar-refractivity contribution in [3.05, 3.63) is 69.3 Å². The van der Waals surface area contributed by atoms with Gasteiger partial charge in [-0.3, -0.25) is 4.79 Å². The Morgan fingerprint density at radius 1 is 1.14 bits per heavy atom. The van der Waals surface area contributed by atoms with Crippen LogP contribution >= 0.6 is 22.6 Å². The number of carbonyl (C=O) groups excluding carboxylic acids is 1. The Bertz CT molecular complexity index is 1180. The summed E-state index contributed by atoms with van der Waals surface area (Å²) in [6.07, 6.45) is 1.78. The molecule has 0 radical (unpaired) electrons. The molecular formula is C23H19IN2O3. The minimum Gasteiger partial charge on any atom is -0.504 e. The average molecular weight is 498 g/mol. The summed E-state index contributed by atoms with van der Waals surface area (Å²) in [4.78, 5) is 13.1. The van der Waals surface area contributed by atoms with E-state index in [-0.39, 0.29) is 11.7 Å². The number of hydrogen-bond acceptors (Lipinski definition) is 4. The van der Waals surface area contributed by atoms with Crippen LogP contribution in [0, 0.1) is 3.57 Å². The van der Waals surface area contributed by atoms with Crippen molar-refractivity contribution >= 4 is 56.7 Å². The van der Waals surface area contributed by atoms with E-state index in [9.17, 15) is 9.90 Å². The van der Waals surface area contributed by atoms with E-state index in [1.807, 2.05) is 85.0 Å². The van der Waals surface area contributed by atoms with Crippen LogP contribution in [0.25, 0.3) is 16.8 Å². The number of anilines is 1. The fourth-order valence-electron chi connectivity index (χ4n) is 3.28. The van der Waals surface area contributed by atoms with Crippen LogP contribution in [0.15, 0.2) is 65.3 Å². The molecule has 4 rings (SSSR count). The zero-order chi connectivity index (χ0) is 20.5. The number of halogens is 1. The molecule has 0 saturated heterocycles. The van der Waals surface area contributed by atoms with Crippen molar-refractivity contribution in [2.45, 2.75) is 13.8 Å². The standard InChI is InChI=1S/C23H19IN2O3/c1-3-29-21-12-15(11-20(24)22(21)27)10-19-14(2)25-26(23(19)28)18-9-8-16-6-4-5-7-17(16)13-18/h4-13,27H,3H2,1-2H3. The van der Waals surface area contributed by atoms with Gasteiger partial charge >= 0.3 is 0 Å². The molecule has 1 amide bonds. The molecule has 0 aromatic heterocycles. The average Bonchev–Trinajstić information content (AvgIpc) is 2.99. The number of hydrazone groups is 1. The van der Waals surface area contributed by atoms with Crippen LogP contribution < -0.4 is 9.75 Å². The molecule has 29 heavy (non-hydrogen) atoms. The SMILES string of the molecule is CCOc1cc(C=C2C(=O)N(c3ccc4ccccc4c3)N=C2C)cc(I)c1O. The molecule has 1 aliphatic heterocycles. The number of hydrogen-bond donors (Lipinski definition) is 1. The van der Waals surface area contributed by atoms with Crippen LogP contribution in [0.5, 0.6) is 11.5 Å². The van der Waals surface area contributed by atoms with E-state index in [2.05, 4.69) is 5.10 Å². The molecule has 0 aliphatic carbocycles. The van der Waals surface area contributed by atoms with E-state index in [1.165, 1.54) is 5.01 Å². The zero-order valence-corrected chi connectivity index (χ0v) is 18.2. The number of nitrogens with zero attached hydrogens (tertiary/aromatic N) is 2. The second kappa shape index (κ2) is 7.87. The lowest BCUT2D eigenvalue weighted by Gasteiger charge is -2.13. The van der Waals surface area contributed by atoms with Gasteiger partial charge < -0.3 is 9.84 Å². The first kappa shape index (κ1) is 19.4. The van der Waals surface area contributed by atoms with Gasteiger partial charge in [0.05, 0.1) is 27.1 Å². The van der Waals surface area contributed by atoms with Gasteiger partial charge in [0.2, 0.25) is 0 Å². The lowest BCUT2D eigenvalue weighted by molar-refractivity contribution is -0.114. The molecule has 3 aromatic carbocycles. The summed E-state index contributed by atoms with van der Waals surface area (Å²) in [5, 5.41) is 18.2. The van der Waals surface area contributed by atoms with Crippen molar-refractivity contribution in [3.63, 3.8) is 0 Å². The normalized spacial score (nSPS) is 15.3. The highest BCUT2D eigenvalue weighted by Gasteiger charge is 2.29. The Morgan fingerprint density at radius 2 is 1.90 bits per heavy atom. The van der Waals surface area contributed by atoms with Crippen LogP contribution in [0.3, 0.4) is 0 Å². The first-order chi connectivity index (χ1) is 14.0. The monoisotopic (exact) mass is 498 g/mol. The smallest absolute Gasteiger partial charge is 0.280 e. The highest BCUT2D eigenvalue weighted by Crippen LogP contribution is 2.34. The Kier molecular flexibility index (Phi) is 5.27. The molecule has 6 heteroatoms. The molecule has 0 saturated carbocycles. The van der Waals surface area contributed by atoms with Crippen molar-refractivity contribution in [1.82, 2.24) is 0 Å². The largest absolute Gasteiger partial charge is 0.504 e. The van der Waals surface area contributed by atoms with Gasteiger partial charge in [0.15, 0.2) is 11.5 Å². The Balaban J connectivity index is 1.70. The Hall–Kier alpha value is -2.87. The van der Waals surface area contributed by atoms with Gasteiger partial charge in [-0.2, -0.15) is 10.1 Å². The minimum absolute atomic E-state index is 0.107. The minimum atomic E-state index is -0.182. The van der Waals surface area contributed by atoms with Crippen LogP contribution in [0.4, 0.5) is 5.69 Å². The number of ether oxygens (including phenoxy) is 1. The number of phenols is 1. The summed E-state index contributed by atoms with van der Waals surface area (Å²) in [5.74, 6) is 0.326. The van der Waals surface area contributed by atoms with Gasteiger partial charge in [-0.25, -0.2) is 0 Å².